The normalized spacial score (nSPS) is 12.5. The van der Waals surface area contributed by atoms with E-state index in [0.717, 1.165) is 10.9 Å². The number of H-pyrrole nitrogens is 1. The van der Waals surface area contributed by atoms with Crippen molar-refractivity contribution in [3.8, 4) is 0 Å². The van der Waals surface area contributed by atoms with E-state index in [-0.39, 0.29) is 24.2 Å². The highest BCUT2D eigenvalue weighted by Crippen LogP contribution is 2.19. The summed E-state index contributed by atoms with van der Waals surface area (Å²) in [5.41, 5.74) is 1.57. The molecule has 114 valence electrons. The van der Waals surface area contributed by atoms with E-state index < -0.39 is 0 Å². The number of amides is 1. The molecule has 2 heterocycles. The highest BCUT2D eigenvalue weighted by molar-refractivity contribution is 5.88. The third kappa shape index (κ3) is 3.16. The SMILES string of the molecule is C[C@@H](Cn1ccnc1)NC(=O)Cc1c[nH]c2cc(F)ccc12. The first kappa shape index (κ1) is 14.3. The maximum Gasteiger partial charge on any atom is 0.224 e. The van der Waals surface area contributed by atoms with Crippen LogP contribution in [0.3, 0.4) is 0 Å². The van der Waals surface area contributed by atoms with Crippen LogP contribution in [0.15, 0.2) is 43.1 Å². The number of aromatic amines is 1. The van der Waals surface area contributed by atoms with Gasteiger partial charge < -0.3 is 14.9 Å². The number of nitrogens with zero attached hydrogens (tertiary/aromatic N) is 2. The summed E-state index contributed by atoms with van der Waals surface area (Å²) in [6, 6.07) is 4.53. The van der Waals surface area contributed by atoms with Gasteiger partial charge in [0, 0.05) is 42.1 Å². The Bertz CT molecular complexity index is 779. The van der Waals surface area contributed by atoms with Crippen molar-refractivity contribution in [2.24, 2.45) is 0 Å². The summed E-state index contributed by atoms with van der Waals surface area (Å²) in [6.45, 7) is 2.62. The third-order valence-corrected chi connectivity index (χ3v) is 3.53. The van der Waals surface area contributed by atoms with E-state index in [9.17, 15) is 9.18 Å². The number of benzene rings is 1. The Hall–Kier alpha value is -2.63. The van der Waals surface area contributed by atoms with Crippen molar-refractivity contribution < 1.29 is 9.18 Å². The Morgan fingerprint density at radius 2 is 2.36 bits per heavy atom. The molecule has 0 bridgehead atoms. The van der Waals surface area contributed by atoms with Gasteiger partial charge in [-0.2, -0.15) is 0 Å². The summed E-state index contributed by atoms with van der Waals surface area (Å²) in [7, 11) is 0. The molecule has 0 aliphatic carbocycles. The number of rotatable bonds is 5. The van der Waals surface area contributed by atoms with Crippen molar-refractivity contribution in [3.63, 3.8) is 0 Å². The largest absolute Gasteiger partial charge is 0.361 e. The molecule has 3 rings (SSSR count). The molecular weight excluding hydrogens is 283 g/mol. The average Bonchev–Trinajstić information content (AvgIpc) is 3.08. The van der Waals surface area contributed by atoms with E-state index in [1.807, 2.05) is 17.7 Å². The van der Waals surface area contributed by atoms with Gasteiger partial charge in [-0.15, -0.1) is 0 Å². The minimum absolute atomic E-state index is 0.00403. The molecule has 0 saturated carbocycles. The van der Waals surface area contributed by atoms with Gasteiger partial charge in [0.25, 0.3) is 0 Å². The Labute approximate surface area is 127 Å². The van der Waals surface area contributed by atoms with E-state index in [0.29, 0.717) is 12.1 Å². The lowest BCUT2D eigenvalue weighted by molar-refractivity contribution is -0.121. The fourth-order valence-corrected chi connectivity index (χ4v) is 2.56. The first-order valence-electron chi connectivity index (χ1n) is 7.12. The molecule has 0 aliphatic rings. The van der Waals surface area contributed by atoms with Crippen LogP contribution < -0.4 is 5.32 Å². The molecule has 22 heavy (non-hydrogen) atoms. The van der Waals surface area contributed by atoms with Gasteiger partial charge in [0.15, 0.2) is 0 Å². The van der Waals surface area contributed by atoms with Crippen molar-refractivity contribution in [2.75, 3.05) is 0 Å². The van der Waals surface area contributed by atoms with Gasteiger partial charge in [-0.3, -0.25) is 4.79 Å². The average molecular weight is 300 g/mol. The molecule has 0 radical (unpaired) electrons. The molecule has 5 nitrogen and oxygen atoms in total. The second-order valence-electron chi connectivity index (χ2n) is 5.41. The van der Waals surface area contributed by atoms with Crippen LogP contribution in [0.25, 0.3) is 10.9 Å². The Morgan fingerprint density at radius 1 is 1.50 bits per heavy atom. The highest BCUT2D eigenvalue weighted by Gasteiger charge is 2.12. The Balaban J connectivity index is 1.63. The number of carbonyl (C=O) groups is 1. The maximum atomic E-state index is 13.2. The van der Waals surface area contributed by atoms with Crippen LogP contribution in [0.5, 0.6) is 0 Å². The van der Waals surface area contributed by atoms with Crippen LogP contribution in [-0.4, -0.2) is 26.5 Å². The zero-order valence-corrected chi connectivity index (χ0v) is 12.2. The summed E-state index contributed by atoms with van der Waals surface area (Å²) in [4.78, 5) is 19.1. The number of carbonyl (C=O) groups excluding carboxylic acids is 1. The Kier molecular flexibility index (Phi) is 3.91. The van der Waals surface area contributed by atoms with Crippen molar-refractivity contribution in [3.05, 3.63) is 54.5 Å². The van der Waals surface area contributed by atoms with Gasteiger partial charge in [-0.1, -0.05) is 0 Å². The highest BCUT2D eigenvalue weighted by atomic mass is 19.1. The minimum atomic E-state index is -0.292. The topological polar surface area (TPSA) is 62.7 Å². The minimum Gasteiger partial charge on any atom is -0.361 e. The van der Waals surface area contributed by atoms with Gasteiger partial charge in [0.05, 0.1) is 12.7 Å². The molecule has 1 atom stereocenters. The van der Waals surface area contributed by atoms with Crippen molar-refractivity contribution >= 4 is 16.8 Å². The van der Waals surface area contributed by atoms with E-state index in [1.165, 1.54) is 12.1 Å². The number of fused-ring (bicyclic) bond motifs is 1. The van der Waals surface area contributed by atoms with Crippen molar-refractivity contribution in [1.82, 2.24) is 19.9 Å². The van der Waals surface area contributed by atoms with Crippen LogP contribution in [-0.2, 0) is 17.8 Å². The van der Waals surface area contributed by atoms with Crippen molar-refractivity contribution in [2.45, 2.75) is 25.9 Å². The second-order valence-corrected chi connectivity index (χ2v) is 5.41. The summed E-state index contributed by atoms with van der Waals surface area (Å²) >= 11 is 0. The lowest BCUT2D eigenvalue weighted by atomic mass is 10.1. The number of aromatic nitrogens is 3. The summed E-state index contributed by atoms with van der Waals surface area (Å²) < 4.78 is 15.1. The molecule has 0 saturated heterocycles. The standard InChI is InChI=1S/C16H17FN4O/c1-11(9-21-5-4-18-10-21)20-16(22)6-12-8-19-15-7-13(17)2-3-14(12)15/h2-5,7-8,10-11,19H,6,9H2,1H3,(H,20,22)/t11-/m0/s1. The lowest BCUT2D eigenvalue weighted by Crippen LogP contribution is -2.36. The lowest BCUT2D eigenvalue weighted by Gasteiger charge is -2.14. The number of hydrogen-bond acceptors (Lipinski definition) is 2. The molecular formula is C16H17FN4O. The van der Waals surface area contributed by atoms with Crippen LogP contribution in [0.4, 0.5) is 4.39 Å². The molecule has 1 aromatic carbocycles. The predicted molar refractivity (Wildman–Crippen MR) is 81.8 cm³/mol. The van der Waals surface area contributed by atoms with E-state index in [1.54, 1.807) is 24.8 Å². The van der Waals surface area contributed by atoms with Crippen LogP contribution in [0.2, 0.25) is 0 Å². The number of imidazole rings is 1. The molecule has 2 N–H and O–H groups in total. The summed E-state index contributed by atoms with van der Waals surface area (Å²) in [6.07, 6.45) is 7.30. The number of hydrogen-bond donors (Lipinski definition) is 2. The number of nitrogens with one attached hydrogen (secondary N) is 2. The first-order valence-corrected chi connectivity index (χ1v) is 7.12. The van der Waals surface area contributed by atoms with E-state index in [4.69, 9.17) is 0 Å². The molecule has 0 fully saturated rings. The van der Waals surface area contributed by atoms with Gasteiger partial charge >= 0.3 is 0 Å². The van der Waals surface area contributed by atoms with E-state index >= 15 is 0 Å². The third-order valence-electron chi connectivity index (χ3n) is 3.53. The van der Waals surface area contributed by atoms with E-state index in [2.05, 4.69) is 15.3 Å². The molecule has 0 aliphatic heterocycles. The number of halogens is 1. The fraction of sp³-hybridized carbons (Fsp3) is 0.250. The summed E-state index contributed by atoms with van der Waals surface area (Å²) in [5.74, 6) is -0.350. The fourth-order valence-electron chi connectivity index (χ4n) is 2.56. The zero-order valence-electron chi connectivity index (χ0n) is 12.2. The summed E-state index contributed by atoms with van der Waals surface area (Å²) in [5, 5.41) is 3.83. The van der Waals surface area contributed by atoms with Gasteiger partial charge in [-0.05, 0) is 30.7 Å². The molecule has 0 spiro atoms. The Morgan fingerprint density at radius 3 is 3.14 bits per heavy atom. The smallest absolute Gasteiger partial charge is 0.224 e. The van der Waals surface area contributed by atoms with Gasteiger partial charge in [-0.25, -0.2) is 9.37 Å². The molecule has 6 heteroatoms. The van der Waals surface area contributed by atoms with Crippen LogP contribution >= 0.6 is 0 Å². The molecule has 2 aromatic heterocycles. The van der Waals surface area contributed by atoms with Gasteiger partial charge in [0.2, 0.25) is 5.91 Å². The van der Waals surface area contributed by atoms with Crippen LogP contribution in [0.1, 0.15) is 12.5 Å². The molecule has 3 aromatic rings. The van der Waals surface area contributed by atoms with Gasteiger partial charge in [0.1, 0.15) is 5.82 Å². The molecule has 1 amide bonds. The second kappa shape index (κ2) is 6.01. The van der Waals surface area contributed by atoms with Crippen molar-refractivity contribution in [1.29, 1.82) is 0 Å². The first-order chi connectivity index (χ1) is 10.6. The quantitative estimate of drug-likeness (QED) is 0.759. The van der Waals surface area contributed by atoms with Crippen LogP contribution in [0, 0.1) is 5.82 Å². The zero-order chi connectivity index (χ0) is 15.5. The predicted octanol–water partition coefficient (Wildman–Crippen LogP) is 2.25. The monoisotopic (exact) mass is 300 g/mol. The molecule has 0 unspecified atom stereocenters. The maximum absolute atomic E-state index is 13.2.